The average molecular weight is 332 g/mol. The fourth-order valence-electron chi connectivity index (χ4n) is 1.50. The van der Waals surface area contributed by atoms with Gasteiger partial charge in [-0.2, -0.15) is 5.48 Å². The van der Waals surface area contributed by atoms with E-state index in [2.05, 4.69) is 21.4 Å². The molecule has 1 aromatic rings. The first-order chi connectivity index (χ1) is 8.87. The molecule has 108 valence electrons. The minimum atomic E-state index is -0.216. The Morgan fingerprint density at radius 2 is 1.95 bits per heavy atom. The fourth-order valence-corrected chi connectivity index (χ4v) is 2.10. The first-order valence-electron chi connectivity index (χ1n) is 6.27. The molecule has 0 aliphatic carbocycles. The lowest BCUT2D eigenvalue weighted by Gasteiger charge is -2.20. The number of hydroxylamine groups is 1. The molecule has 4 nitrogen and oxygen atoms in total. The Balaban J connectivity index is 2.78. The predicted octanol–water partition coefficient (Wildman–Crippen LogP) is 3.68. The van der Waals surface area contributed by atoms with E-state index in [-0.39, 0.29) is 5.60 Å². The van der Waals surface area contributed by atoms with Gasteiger partial charge in [-0.05, 0) is 61.3 Å². The summed E-state index contributed by atoms with van der Waals surface area (Å²) in [6, 6.07) is 3.93. The molecule has 19 heavy (non-hydrogen) atoms. The number of nitrogens with one attached hydrogen (secondary N) is 1. The van der Waals surface area contributed by atoms with Crippen molar-refractivity contribution < 1.29 is 14.3 Å². The lowest BCUT2D eigenvalue weighted by molar-refractivity contribution is -0.0757. The Labute approximate surface area is 123 Å². The van der Waals surface area contributed by atoms with Crippen LogP contribution in [0.5, 0.6) is 11.5 Å². The second kappa shape index (κ2) is 7.12. The molecule has 0 atom stereocenters. The first-order valence-corrected chi connectivity index (χ1v) is 7.06. The van der Waals surface area contributed by atoms with Gasteiger partial charge in [0.2, 0.25) is 0 Å². The van der Waals surface area contributed by atoms with Crippen molar-refractivity contribution >= 4 is 15.9 Å². The van der Waals surface area contributed by atoms with Crippen LogP contribution >= 0.6 is 15.9 Å². The van der Waals surface area contributed by atoms with E-state index >= 15 is 0 Å². The summed E-state index contributed by atoms with van der Waals surface area (Å²) in [6.07, 6.45) is 0. The van der Waals surface area contributed by atoms with E-state index < -0.39 is 0 Å². The summed E-state index contributed by atoms with van der Waals surface area (Å²) in [6.45, 7) is 9.12. The molecule has 0 spiro atoms. The largest absolute Gasteiger partial charge is 0.493 e. The number of rotatable bonds is 6. The zero-order valence-electron chi connectivity index (χ0n) is 12.2. The van der Waals surface area contributed by atoms with Crippen LogP contribution in [-0.2, 0) is 11.4 Å². The molecule has 0 unspecified atom stereocenters. The van der Waals surface area contributed by atoms with Gasteiger partial charge in [-0.3, -0.25) is 4.84 Å². The highest BCUT2D eigenvalue weighted by Gasteiger charge is 2.13. The second-order valence-corrected chi connectivity index (χ2v) is 5.93. The molecule has 1 N–H and O–H groups in total. The molecule has 0 aliphatic rings. The maximum absolute atomic E-state index is 5.55. The van der Waals surface area contributed by atoms with E-state index in [1.165, 1.54) is 0 Å². The molecule has 0 amide bonds. The number of halogens is 1. The quantitative estimate of drug-likeness (QED) is 0.807. The Morgan fingerprint density at radius 3 is 2.47 bits per heavy atom. The van der Waals surface area contributed by atoms with Gasteiger partial charge in [0.25, 0.3) is 0 Å². The highest BCUT2D eigenvalue weighted by molar-refractivity contribution is 9.10. The number of hydrogen-bond donors (Lipinski definition) is 1. The van der Waals surface area contributed by atoms with Gasteiger partial charge in [0.05, 0.1) is 23.8 Å². The number of ether oxygens (including phenoxy) is 2. The van der Waals surface area contributed by atoms with Crippen LogP contribution in [0.15, 0.2) is 16.6 Å². The van der Waals surface area contributed by atoms with Gasteiger partial charge >= 0.3 is 0 Å². The summed E-state index contributed by atoms with van der Waals surface area (Å²) in [7, 11) is 1.63. The third kappa shape index (κ3) is 5.38. The van der Waals surface area contributed by atoms with Gasteiger partial charge in [-0.25, -0.2) is 0 Å². The highest BCUT2D eigenvalue weighted by atomic mass is 79.9. The molecule has 0 bridgehead atoms. The smallest absolute Gasteiger partial charge is 0.175 e. The van der Waals surface area contributed by atoms with Crippen LogP contribution in [0.2, 0.25) is 0 Å². The van der Waals surface area contributed by atoms with Crippen molar-refractivity contribution in [2.75, 3.05) is 13.7 Å². The molecule has 5 heteroatoms. The number of methoxy groups -OCH3 is 1. The Hall–Kier alpha value is -0.780. The molecule has 0 heterocycles. The average Bonchev–Trinajstić information content (AvgIpc) is 2.30. The minimum absolute atomic E-state index is 0.216. The predicted molar refractivity (Wildman–Crippen MR) is 79.5 cm³/mol. The molecule has 0 radical (unpaired) electrons. The molecule has 1 aromatic carbocycles. The van der Waals surface area contributed by atoms with Gasteiger partial charge in [-0.15, -0.1) is 0 Å². The molecule has 0 saturated heterocycles. The van der Waals surface area contributed by atoms with E-state index in [4.69, 9.17) is 14.3 Å². The summed E-state index contributed by atoms with van der Waals surface area (Å²) in [5.74, 6) is 1.44. The van der Waals surface area contributed by atoms with Crippen LogP contribution in [0.25, 0.3) is 0 Å². The number of benzene rings is 1. The molecule has 0 aromatic heterocycles. The lowest BCUT2D eigenvalue weighted by Crippen LogP contribution is -2.28. The van der Waals surface area contributed by atoms with Crippen molar-refractivity contribution in [3.8, 4) is 11.5 Å². The van der Waals surface area contributed by atoms with E-state index in [1.54, 1.807) is 7.11 Å². The topological polar surface area (TPSA) is 39.7 Å². The Bertz CT molecular complexity index is 416. The summed E-state index contributed by atoms with van der Waals surface area (Å²) >= 11 is 3.50. The minimum Gasteiger partial charge on any atom is -0.493 e. The summed E-state index contributed by atoms with van der Waals surface area (Å²) in [5.41, 5.74) is 3.79. The summed E-state index contributed by atoms with van der Waals surface area (Å²) in [5, 5.41) is 0. The zero-order valence-corrected chi connectivity index (χ0v) is 13.8. The van der Waals surface area contributed by atoms with Gasteiger partial charge in [0.1, 0.15) is 0 Å². The van der Waals surface area contributed by atoms with Crippen LogP contribution in [0.3, 0.4) is 0 Å². The molecule has 0 aliphatic heterocycles. The van der Waals surface area contributed by atoms with Gasteiger partial charge in [0.15, 0.2) is 11.5 Å². The molecular formula is C14H22BrNO3. The van der Waals surface area contributed by atoms with Crippen molar-refractivity contribution in [3.63, 3.8) is 0 Å². The van der Waals surface area contributed by atoms with E-state index in [0.717, 1.165) is 15.8 Å². The maximum atomic E-state index is 5.55. The van der Waals surface area contributed by atoms with Crippen LogP contribution in [-0.4, -0.2) is 19.3 Å². The molecule has 1 rings (SSSR count). The highest BCUT2D eigenvalue weighted by Crippen LogP contribution is 2.36. The number of hydrogen-bond acceptors (Lipinski definition) is 4. The second-order valence-electron chi connectivity index (χ2n) is 5.08. The Morgan fingerprint density at radius 1 is 1.26 bits per heavy atom. The Kier molecular flexibility index (Phi) is 6.10. The van der Waals surface area contributed by atoms with E-state index in [1.807, 2.05) is 39.8 Å². The van der Waals surface area contributed by atoms with Crippen molar-refractivity contribution in [1.82, 2.24) is 5.48 Å². The molecular weight excluding hydrogens is 310 g/mol. The van der Waals surface area contributed by atoms with Crippen LogP contribution < -0.4 is 15.0 Å². The first kappa shape index (κ1) is 16.3. The van der Waals surface area contributed by atoms with Crippen molar-refractivity contribution in [3.05, 3.63) is 22.2 Å². The third-order valence-corrected chi connectivity index (χ3v) is 2.82. The normalized spacial score (nSPS) is 11.5. The lowest BCUT2D eigenvalue weighted by atomic mass is 10.2. The van der Waals surface area contributed by atoms with Gasteiger partial charge in [0, 0.05) is 6.54 Å². The van der Waals surface area contributed by atoms with Crippen molar-refractivity contribution in [1.29, 1.82) is 0 Å². The van der Waals surface area contributed by atoms with E-state index in [0.29, 0.717) is 18.9 Å². The van der Waals surface area contributed by atoms with Crippen LogP contribution in [0, 0.1) is 0 Å². The van der Waals surface area contributed by atoms with Crippen molar-refractivity contribution in [2.24, 2.45) is 0 Å². The van der Waals surface area contributed by atoms with Crippen molar-refractivity contribution in [2.45, 2.75) is 39.8 Å². The monoisotopic (exact) mass is 331 g/mol. The van der Waals surface area contributed by atoms with Crippen LogP contribution in [0.4, 0.5) is 0 Å². The van der Waals surface area contributed by atoms with E-state index in [9.17, 15) is 0 Å². The fraction of sp³-hybridized carbons (Fsp3) is 0.571. The third-order valence-electron chi connectivity index (χ3n) is 2.23. The summed E-state index contributed by atoms with van der Waals surface area (Å²) < 4.78 is 11.8. The molecule has 0 fully saturated rings. The SMILES string of the molecule is CCOc1c(Br)cc(CNOC(C)(C)C)cc1OC. The summed E-state index contributed by atoms with van der Waals surface area (Å²) in [4.78, 5) is 5.49. The maximum Gasteiger partial charge on any atom is 0.175 e. The molecule has 0 saturated carbocycles. The van der Waals surface area contributed by atoms with Gasteiger partial charge < -0.3 is 9.47 Å². The van der Waals surface area contributed by atoms with Crippen LogP contribution in [0.1, 0.15) is 33.3 Å². The van der Waals surface area contributed by atoms with Gasteiger partial charge in [-0.1, -0.05) is 0 Å². The standard InChI is InChI=1S/C14H22BrNO3/c1-6-18-13-11(15)7-10(8-12(13)17-5)9-16-19-14(2,3)4/h7-8,16H,6,9H2,1-5H3. The zero-order chi connectivity index (χ0) is 14.5.